The molecule has 2 aliphatic rings. The van der Waals surface area contributed by atoms with Gasteiger partial charge in [0.25, 0.3) is 5.56 Å². The van der Waals surface area contributed by atoms with Crippen molar-refractivity contribution >= 4 is 22.6 Å². The molecule has 33 heavy (non-hydrogen) atoms. The predicted molar refractivity (Wildman–Crippen MR) is 132 cm³/mol. The normalized spacial score (nSPS) is 19.2. The Balaban J connectivity index is 1.26. The summed E-state index contributed by atoms with van der Waals surface area (Å²) in [5.41, 5.74) is 12.5. The molecule has 166 valence electrons. The number of anilines is 1. The van der Waals surface area contributed by atoms with Crippen molar-refractivity contribution in [3.8, 4) is 0 Å². The van der Waals surface area contributed by atoms with Crippen LogP contribution in [0.4, 0.5) is 5.95 Å². The summed E-state index contributed by atoms with van der Waals surface area (Å²) in [6.45, 7) is 5.85. The third kappa shape index (κ3) is 3.13. The molecule has 2 aromatic heterocycles. The third-order valence-electron chi connectivity index (χ3n) is 7.63. The summed E-state index contributed by atoms with van der Waals surface area (Å²) >= 11 is 0. The molecule has 1 aliphatic heterocycles. The van der Waals surface area contributed by atoms with Crippen LogP contribution in [0.1, 0.15) is 41.1 Å². The zero-order chi connectivity index (χ0) is 22.6. The first-order valence-electron chi connectivity index (χ1n) is 11.5. The zero-order valence-electron chi connectivity index (χ0n) is 18.5. The Morgan fingerprint density at radius 1 is 1.09 bits per heavy atom. The average molecular weight is 438 g/mol. The van der Waals surface area contributed by atoms with E-state index in [9.17, 15) is 4.79 Å². The molecular weight excluding hydrogens is 410 g/mol. The number of rotatable bonds is 3. The van der Waals surface area contributed by atoms with Gasteiger partial charge in [-0.2, -0.15) is 4.98 Å². The molecule has 1 spiro atoms. The van der Waals surface area contributed by atoms with Crippen LogP contribution in [-0.4, -0.2) is 28.0 Å². The molecular formula is C27H27N5O. The van der Waals surface area contributed by atoms with Gasteiger partial charge in [0, 0.05) is 30.9 Å². The van der Waals surface area contributed by atoms with Crippen molar-refractivity contribution in [3.05, 3.63) is 100.0 Å². The zero-order valence-corrected chi connectivity index (χ0v) is 18.5. The Labute approximate surface area is 192 Å². The number of piperidine rings is 1. The van der Waals surface area contributed by atoms with Crippen LogP contribution in [0.5, 0.6) is 0 Å². The van der Waals surface area contributed by atoms with Gasteiger partial charge in [-0.15, -0.1) is 0 Å². The first kappa shape index (κ1) is 20.0. The number of hydrogen-bond donors (Lipinski definition) is 3. The minimum absolute atomic E-state index is 0.0697. The first-order valence-corrected chi connectivity index (χ1v) is 11.5. The summed E-state index contributed by atoms with van der Waals surface area (Å²) in [5.74, 6) is 0.616. The largest absolute Gasteiger partial charge is 0.345 e. The van der Waals surface area contributed by atoms with E-state index in [4.69, 9.17) is 10.7 Å². The second kappa shape index (κ2) is 7.46. The predicted octanol–water partition coefficient (Wildman–Crippen LogP) is 4.16. The Kier molecular flexibility index (Phi) is 4.52. The van der Waals surface area contributed by atoms with Crippen molar-refractivity contribution in [2.75, 3.05) is 18.0 Å². The van der Waals surface area contributed by atoms with Crippen molar-refractivity contribution in [2.45, 2.75) is 25.3 Å². The first-order chi connectivity index (χ1) is 16.1. The number of aromatic nitrogens is 3. The van der Waals surface area contributed by atoms with Crippen LogP contribution >= 0.6 is 0 Å². The standard InChI is InChI=1S/C27H27N5O/c1-17(18-7-3-2-4-8-18)21-16-29-24-22(21)25(33)31-26(30-24)32-13-11-27(12-14-32)15-19-9-5-6-10-20(19)23(27)28/h2-10,16,23H,1,11-15,28H2,(H2,29,30,31,33)/t23-/m1/s1. The molecule has 0 saturated carbocycles. The van der Waals surface area contributed by atoms with Crippen LogP contribution in [0.15, 0.2) is 72.2 Å². The number of benzene rings is 2. The van der Waals surface area contributed by atoms with Crippen molar-refractivity contribution in [3.63, 3.8) is 0 Å². The van der Waals surface area contributed by atoms with E-state index in [2.05, 4.69) is 45.7 Å². The topological polar surface area (TPSA) is 90.8 Å². The minimum Gasteiger partial charge on any atom is -0.345 e. The summed E-state index contributed by atoms with van der Waals surface area (Å²) in [4.78, 5) is 26.3. The van der Waals surface area contributed by atoms with Gasteiger partial charge in [-0.1, -0.05) is 61.2 Å². The maximum absolute atomic E-state index is 13.1. The van der Waals surface area contributed by atoms with Crippen LogP contribution in [-0.2, 0) is 6.42 Å². The maximum atomic E-state index is 13.1. The number of nitrogens with two attached hydrogens (primary N) is 1. The second-order valence-electron chi connectivity index (χ2n) is 9.36. The van der Waals surface area contributed by atoms with E-state index in [1.54, 1.807) is 0 Å². The number of fused-ring (bicyclic) bond motifs is 2. The summed E-state index contributed by atoms with van der Waals surface area (Å²) in [6.07, 6.45) is 4.81. The van der Waals surface area contributed by atoms with Gasteiger partial charge >= 0.3 is 0 Å². The summed E-state index contributed by atoms with van der Waals surface area (Å²) < 4.78 is 0. The lowest BCUT2D eigenvalue weighted by Crippen LogP contribution is -2.45. The van der Waals surface area contributed by atoms with Crippen molar-refractivity contribution in [2.24, 2.45) is 11.1 Å². The summed E-state index contributed by atoms with van der Waals surface area (Å²) in [5, 5.41) is 0.550. The van der Waals surface area contributed by atoms with E-state index in [-0.39, 0.29) is 17.0 Å². The molecule has 0 unspecified atom stereocenters. The number of nitrogens with zero attached hydrogens (tertiary/aromatic N) is 2. The highest BCUT2D eigenvalue weighted by Crippen LogP contribution is 2.50. The molecule has 1 fully saturated rings. The summed E-state index contributed by atoms with van der Waals surface area (Å²) in [7, 11) is 0. The van der Waals surface area contributed by atoms with Crippen molar-refractivity contribution in [1.82, 2.24) is 15.0 Å². The van der Waals surface area contributed by atoms with Gasteiger partial charge in [0.15, 0.2) is 0 Å². The van der Waals surface area contributed by atoms with E-state index in [1.807, 2.05) is 36.5 Å². The molecule has 2 aromatic carbocycles. The fourth-order valence-electron chi connectivity index (χ4n) is 5.68. The Bertz CT molecular complexity index is 1410. The van der Waals surface area contributed by atoms with E-state index < -0.39 is 0 Å². The number of hydrogen-bond acceptors (Lipinski definition) is 4. The molecule has 1 atom stereocenters. The molecule has 3 heterocycles. The Hall–Kier alpha value is -3.64. The lowest BCUT2D eigenvalue weighted by molar-refractivity contribution is 0.187. The molecule has 4 N–H and O–H groups in total. The number of aromatic amines is 2. The minimum atomic E-state index is -0.145. The molecule has 4 aromatic rings. The maximum Gasteiger partial charge on any atom is 0.262 e. The van der Waals surface area contributed by atoms with Gasteiger partial charge in [-0.3, -0.25) is 9.78 Å². The lowest BCUT2D eigenvalue weighted by Gasteiger charge is -2.42. The molecule has 1 saturated heterocycles. The highest BCUT2D eigenvalue weighted by atomic mass is 16.1. The van der Waals surface area contributed by atoms with Gasteiger partial charge in [0.2, 0.25) is 5.95 Å². The SMILES string of the molecule is C=C(c1ccccc1)c1c[nH]c2nc(N3CCC4(CC3)Cc3ccccc3[C@H]4N)[nH]c(=O)c12. The highest BCUT2D eigenvalue weighted by molar-refractivity contribution is 5.94. The van der Waals surface area contributed by atoms with Gasteiger partial charge in [0.05, 0.1) is 5.39 Å². The highest BCUT2D eigenvalue weighted by Gasteiger charge is 2.46. The van der Waals surface area contributed by atoms with E-state index >= 15 is 0 Å². The fraction of sp³-hybridized carbons (Fsp3) is 0.259. The van der Waals surface area contributed by atoms with Crippen LogP contribution in [0.2, 0.25) is 0 Å². The average Bonchev–Trinajstić information content (AvgIpc) is 3.40. The Morgan fingerprint density at radius 3 is 2.58 bits per heavy atom. The van der Waals surface area contributed by atoms with E-state index in [0.29, 0.717) is 17.0 Å². The van der Waals surface area contributed by atoms with Crippen LogP contribution in [0.3, 0.4) is 0 Å². The third-order valence-corrected chi connectivity index (χ3v) is 7.63. The van der Waals surface area contributed by atoms with Crippen LogP contribution in [0.25, 0.3) is 16.6 Å². The Morgan fingerprint density at radius 2 is 1.82 bits per heavy atom. The molecule has 0 radical (unpaired) electrons. The quantitative estimate of drug-likeness (QED) is 0.449. The molecule has 0 bridgehead atoms. The van der Waals surface area contributed by atoms with Gasteiger partial charge in [-0.25, -0.2) is 0 Å². The molecule has 6 rings (SSSR count). The molecule has 6 heteroatoms. The summed E-state index contributed by atoms with van der Waals surface area (Å²) in [6, 6.07) is 18.5. The molecule has 1 aliphatic carbocycles. The number of nitrogens with one attached hydrogen (secondary N) is 2. The van der Waals surface area contributed by atoms with Crippen molar-refractivity contribution in [1.29, 1.82) is 0 Å². The van der Waals surface area contributed by atoms with Gasteiger partial charge < -0.3 is 15.6 Å². The molecule has 6 nitrogen and oxygen atoms in total. The lowest BCUT2D eigenvalue weighted by atomic mass is 9.73. The molecule has 0 amide bonds. The van der Waals surface area contributed by atoms with Crippen molar-refractivity contribution < 1.29 is 0 Å². The van der Waals surface area contributed by atoms with Crippen LogP contribution < -0.4 is 16.2 Å². The monoisotopic (exact) mass is 437 g/mol. The van der Waals surface area contributed by atoms with Gasteiger partial charge in [-0.05, 0) is 46.9 Å². The fourth-order valence-corrected chi connectivity index (χ4v) is 5.68. The smallest absolute Gasteiger partial charge is 0.262 e. The van der Waals surface area contributed by atoms with E-state index in [0.717, 1.165) is 49.1 Å². The second-order valence-corrected chi connectivity index (χ2v) is 9.36. The number of H-pyrrole nitrogens is 2. The van der Waals surface area contributed by atoms with Crippen LogP contribution in [0, 0.1) is 5.41 Å². The van der Waals surface area contributed by atoms with Gasteiger partial charge in [0.1, 0.15) is 5.65 Å². The van der Waals surface area contributed by atoms with E-state index in [1.165, 1.54) is 11.1 Å².